The number of alkyl halides is 1. The molecule has 9 heteroatoms. The van der Waals surface area contributed by atoms with Gasteiger partial charge in [-0.1, -0.05) is 0 Å². The minimum Gasteiger partial charge on any atom is -0.455 e. The first-order valence-corrected chi connectivity index (χ1v) is 8.49. The quantitative estimate of drug-likeness (QED) is 0.338. The lowest BCUT2D eigenvalue weighted by molar-refractivity contribution is -0.159. The predicted octanol–water partition coefficient (Wildman–Crippen LogP) is 0.420. The molecule has 0 aromatic carbocycles. The monoisotopic (exact) mass is 360 g/mol. The summed E-state index contributed by atoms with van der Waals surface area (Å²) in [5.74, 6) is -1.63. The van der Waals surface area contributed by atoms with Gasteiger partial charge in [0.25, 0.3) is 5.91 Å². The number of β-lactam (4-membered cyclic amide) rings is 1. The van der Waals surface area contributed by atoms with Crippen LogP contribution in [-0.2, 0) is 23.9 Å². The largest absolute Gasteiger partial charge is 0.455 e. The summed E-state index contributed by atoms with van der Waals surface area (Å²) >= 11 is 6.72. The van der Waals surface area contributed by atoms with E-state index >= 15 is 0 Å². The van der Waals surface area contributed by atoms with Crippen LogP contribution in [0.3, 0.4) is 0 Å². The Hall–Kier alpha value is -1.54. The highest BCUT2D eigenvalue weighted by atomic mass is 35.5. The van der Waals surface area contributed by atoms with Gasteiger partial charge in [-0.25, -0.2) is 4.79 Å². The van der Waals surface area contributed by atoms with Gasteiger partial charge in [0, 0.05) is 11.3 Å². The minimum absolute atomic E-state index is 0.0416. The average Bonchev–Trinajstić information content (AvgIpc) is 2.48. The van der Waals surface area contributed by atoms with Crippen LogP contribution in [0.15, 0.2) is 11.3 Å². The topological polar surface area (TPSA) is 92.8 Å². The van der Waals surface area contributed by atoms with E-state index in [0.29, 0.717) is 6.29 Å². The number of halogens is 1. The number of esters is 1. The second-order valence-electron chi connectivity index (χ2n) is 6.08. The van der Waals surface area contributed by atoms with Crippen molar-refractivity contribution in [3.05, 3.63) is 11.3 Å². The summed E-state index contributed by atoms with van der Waals surface area (Å²) in [5, 5.41) is 2.07. The Morgan fingerprint density at radius 3 is 2.65 bits per heavy atom. The molecule has 2 aliphatic rings. The second-order valence-corrected chi connectivity index (χ2v) is 7.45. The van der Waals surface area contributed by atoms with E-state index < -0.39 is 34.8 Å². The molecule has 2 aliphatic heterocycles. The number of nitrogens with one attached hydrogen (secondary N) is 1. The average molecular weight is 361 g/mol. The molecular weight excluding hydrogens is 344 g/mol. The van der Waals surface area contributed by atoms with Gasteiger partial charge in [-0.3, -0.25) is 19.3 Å². The molecule has 1 fully saturated rings. The van der Waals surface area contributed by atoms with E-state index in [1.54, 1.807) is 20.8 Å². The molecule has 2 rings (SSSR count). The molecule has 0 radical (unpaired) electrons. The zero-order valence-corrected chi connectivity index (χ0v) is 14.5. The zero-order chi connectivity index (χ0) is 17.4. The maximum absolute atomic E-state index is 12.4. The molecule has 2 amide bonds. The van der Waals surface area contributed by atoms with Gasteiger partial charge in [0.05, 0.1) is 0 Å². The zero-order valence-electron chi connectivity index (χ0n) is 12.9. The highest BCUT2D eigenvalue weighted by molar-refractivity contribution is 8.00. The van der Waals surface area contributed by atoms with Crippen molar-refractivity contribution in [2.24, 2.45) is 0 Å². The molecule has 1 N–H and O–H groups in total. The third kappa shape index (κ3) is 3.53. The molecule has 7 nitrogen and oxygen atoms in total. The second kappa shape index (κ2) is 6.52. The number of hydrogen-bond donors (Lipinski definition) is 1. The van der Waals surface area contributed by atoms with Crippen LogP contribution in [0.1, 0.15) is 20.8 Å². The van der Waals surface area contributed by atoms with E-state index in [4.69, 9.17) is 16.3 Å². The van der Waals surface area contributed by atoms with Gasteiger partial charge < -0.3 is 10.1 Å². The third-order valence-corrected chi connectivity index (χ3v) is 4.72. The number of nitrogens with zero attached hydrogens (tertiary/aromatic N) is 1. The Kier molecular flexibility index (Phi) is 5.05. The van der Waals surface area contributed by atoms with Crippen LogP contribution in [-0.4, -0.2) is 57.6 Å². The molecule has 0 spiro atoms. The van der Waals surface area contributed by atoms with Crippen LogP contribution >= 0.6 is 23.4 Å². The molecule has 0 saturated carbocycles. The van der Waals surface area contributed by atoms with Crippen molar-refractivity contribution in [2.45, 2.75) is 37.8 Å². The number of fused-ring (bicyclic) bond motifs is 1. The highest BCUT2D eigenvalue weighted by Gasteiger charge is 2.54. The van der Waals surface area contributed by atoms with Crippen molar-refractivity contribution >= 4 is 47.4 Å². The van der Waals surface area contributed by atoms with Gasteiger partial charge >= 0.3 is 5.97 Å². The Balaban J connectivity index is 2.25. The van der Waals surface area contributed by atoms with E-state index in [0.717, 1.165) is 0 Å². The summed E-state index contributed by atoms with van der Waals surface area (Å²) in [4.78, 5) is 48.5. The fourth-order valence-electron chi connectivity index (χ4n) is 2.26. The lowest BCUT2D eigenvalue weighted by atomic mass is 10.0. The predicted molar refractivity (Wildman–Crippen MR) is 84.7 cm³/mol. The van der Waals surface area contributed by atoms with Crippen LogP contribution in [0, 0.1) is 0 Å². The van der Waals surface area contributed by atoms with Gasteiger partial charge in [-0.2, -0.15) is 0 Å². The maximum Gasteiger partial charge on any atom is 0.356 e. The third-order valence-electron chi connectivity index (χ3n) is 3.17. The van der Waals surface area contributed by atoms with E-state index in [1.165, 1.54) is 16.7 Å². The summed E-state index contributed by atoms with van der Waals surface area (Å²) in [6.07, 6.45) is 0.556. The maximum atomic E-state index is 12.4. The smallest absolute Gasteiger partial charge is 0.356 e. The molecule has 0 aromatic rings. The Labute approximate surface area is 142 Å². The van der Waals surface area contributed by atoms with Gasteiger partial charge in [-0.05, 0) is 20.8 Å². The van der Waals surface area contributed by atoms with Gasteiger partial charge in [0.1, 0.15) is 34.9 Å². The highest BCUT2D eigenvalue weighted by Crippen LogP contribution is 2.40. The molecule has 2 heterocycles. The SMILES string of the molecule is CC(C)(C)OC(=O)C1=C(C=O)CS[C@H]2C(NC(=O)CCl)C(=O)N12. The summed E-state index contributed by atoms with van der Waals surface area (Å²) in [6.45, 7) is 5.09. The van der Waals surface area contributed by atoms with E-state index in [1.807, 2.05) is 0 Å². The number of hydrogen-bond acceptors (Lipinski definition) is 6. The molecule has 23 heavy (non-hydrogen) atoms. The number of thioether (sulfide) groups is 1. The Morgan fingerprint density at radius 1 is 1.48 bits per heavy atom. The van der Waals surface area contributed by atoms with E-state index in [2.05, 4.69) is 5.32 Å². The van der Waals surface area contributed by atoms with E-state index in [-0.39, 0.29) is 22.9 Å². The van der Waals surface area contributed by atoms with Crippen LogP contribution in [0.25, 0.3) is 0 Å². The molecule has 0 bridgehead atoms. The van der Waals surface area contributed by atoms with Crippen LogP contribution in [0.2, 0.25) is 0 Å². The lowest BCUT2D eigenvalue weighted by Gasteiger charge is -2.49. The Morgan fingerprint density at radius 2 is 2.13 bits per heavy atom. The molecule has 1 saturated heterocycles. The summed E-state index contributed by atoms with van der Waals surface area (Å²) < 4.78 is 5.28. The normalized spacial score (nSPS) is 23.8. The van der Waals surface area contributed by atoms with Crippen LogP contribution < -0.4 is 5.32 Å². The Bertz CT molecular complexity index is 598. The molecule has 1 unspecified atom stereocenters. The first-order chi connectivity index (χ1) is 10.7. The van der Waals surface area contributed by atoms with Gasteiger partial charge in [0.2, 0.25) is 5.91 Å². The fraction of sp³-hybridized carbons (Fsp3) is 0.571. The molecule has 126 valence electrons. The number of amides is 2. The van der Waals surface area contributed by atoms with Crippen molar-refractivity contribution < 1.29 is 23.9 Å². The van der Waals surface area contributed by atoms with Crippen molar-refractivity contribution in [1.29, 1.82) is 0 Å². The molecule has 0 aromatic heterocycles. The summed E-state index contributed by atoms with van der Waals surface area (Å²) in [7, 11) is 0. The minimum atomic E-state index is -0.753. The number of carbonyl (C=O) groups is 4. The van der Waals surface area contributed by atoms with Gasteiger partial charge in [0.15, 0.2) is 0 Å². The fourth-order valence-corrected chi connectivity index (χ4v) is 3.63. The molecule has 2 atom stereocenters. The van der Waals surface area contributed by atoms with Crippen LogP contribution in [0.5, 0.6) is 0 Å². The van der Waals surface area contributed by atoms with Crippen LogP contribution in [0.4, 0.5) is 0 Å². The van der Waals surface area contributed by atoms with Crippen molar-refractivity contribution in [2.75, 3.05) is 11.6 Å². The number of rotatable bonds is 4. The van der Waals surface area contributed by atoms with E-state index in [9.17, 15) is 19.2 Å². The lowest BCUT2D eigenvalue weighted by Crippen LogP contribution is -2.70. The molecular formula is C14H17ClN2O5S. The van der Waals surface area contributed by atoms with Crippen molar-refractivity contribution in [3.63, 3.8) is 0 Å². The first-order valence-electron chi connectivity index (χ1n) is 6.91. The first kappa shape index (κ1) is 17.8. The number of ether oxygens (including phenoxy) is 1. The van der Waals surface area contributed by atoms with Gasteiger partial charge in [-0.15, -0.1) is 23.4 Å². The summed E-state index contributed by atoms with van der Waals surface area (Å²) in [5.41, 5.74) is -0.589. The molecule has 0 aliphatic carbocycles. The standard InChI is InChI=1S/C14H17ClN2O5S/c1-14(2,3)22-13(21)10-7(5-18)6-23-12-9(11(20)17(10)12)16-8(19)4-15/h5,9,12H,4,6H2,1-3H3,(H,16,19)/t9?,12-/m0/s1. The van der Waals surface area contributed by atoms with Crippen molar-refractivity contribution in [1.82, 2.24) is 10.2 Å². The van der Waals surface area contributed by atoms with Crippen molar-refractivity contribution in [3.8, 4) is 0 Å². The summed E-state index contributed by atoms with van der Waals surface area (Å²) in [6, 6.07) is -0.753. The number of aldehydes is 1. The number of carbonyl (C=O) groups excluding carboxylic acids is 4.